The van der Waals surface area contributed by atoms with Gasteiger partial charge < -0.3 is 10.2 Å². The van der Waals surface area contributed by atoms with E-state index in [9.17, 15) is 0 Å². The Morgan fingerprint density at radius 2 is 1.56 bits per heavy atom. The quantitative estimate of drug-likeness (QED) is 0.290. The molecule has 0 aromatic heterocycles. The fourth-order valence-electron chi connectivity index (χ4n) is 0.866. The van der Waals surface area contributed by atoms with Crippen molar-refractivity contribution in [2.24, 2.45) is 0 Å². The van der Waals surface area contributed by atoms with Crippen molar-refractivity contribution in [1.29, 1.82) is 0 Å². The summed E-state index contributed by atoms with van der Waals surface area (Å²) in [7, 11) is 0. The molecule has 0 bridgehead atoms. The molecule has 0 aromatic carbocycles. The van der Waals surface area contributed by atoms with Crippen LogP contribution in [0.4, 0.5) is 0 Å². The molecule has 0 spiro atoms. The number of rotatable bonds is 5. The van der Waals surface area contributed by atoms with Crippen molar-refractivity contribution in [2.45, 2.75) is 33.6 Å². The summed E-state index contributed by atoms with van der Waals surface area (Å²) in [5.74, 6) is 0. The molecule has 0 atom stereocenters. The number of hydrogen-bond donors (Lipinski definition) is 3. The Bertz CT molecular complexity index is 204. The van der Waals surface area contributed by atoms with Crippen molar-refractivity contribution >= 4 is 87.9 Å². The third kappa shape index (κ3) is 23.2. The first-order valence-corrected chi connectivity index (χ1v) is 7.15. The minimum atomic E-state index is 0. The van der Waals surface area contributed by atoms with E-state index in [-0.39, 0.29) is 49.0 Å². The molecule has 18 heavy (non-hydrogen) atoms. The second-order valence-corrected chi connectivity index (χ2v) is 5.31. The maximum atomic E-state index is 4.81. The van der Waals surface area contributed by atoms with Gasteiger partial charge in [-0.3, -0.25) is 0 Å². The van der Waals surface area contributed by atoms with Gasteiger partial charge in [-0.05, 0) is 20.3 Å². The first kappa shape index (κ1) is 28.3. The zero-order chi connectivity index (χ0) is 13.0. The van der Waals surface area contributed by atoms with Gasteiger partial charge in [-0.25, -0.2) is 0 Å². The summed E-state index contributed by atoms with van der Waals surface area (Å²) in [5.41, 5.74) is 0. The summed E-state index contributed by atoms with van der Waals surface area (Å²) in [4.78, 5) is 2.01. The molecule has 0 aliphatic heterocycles. The van der Waals surface area contributed by atoms with Crippen molar-refractivity contribution in [2.75, 3.05) is 19.6 Å². The third-order valence-corrected chi connectivity index (χ3v) is 2.68. The molecule has 1 N–H and O–H groups in total. The molecular formula is C10H23N2NaS4Zn. The van der Waals surface area contributed by atoms with Gasteiger partial charge in [0.15, 0.2) is 0 Å². The number of nitrogens with one attached hydrogen (secondary N) is 1. The standard InChI is InChI=1S/2C5H11NS2.Na.Zn.H/c1-3-6(4-2)5(7)8;1-2-3-4-6-5(7)8;;;/h3-4H2,1-2H3,(H,7,8);2-4H2,1H3,(H2,6,7,8);;;. The molecule has 0 saturated carbocycles. The third-order valence-electron chi connectivity index (χ3n) is 1.84. The fraction of sp³-hybridized carbons (Fsp3) is 0.800. The van der Waals surface area contributed by atoms with Crippen LogP contribution in [0.2, 0.25) is 0 Å². The Balaban J connectivity index is -0.0000000980. The zero-order valence-electron chi connectivity index (χ0n) is 10.9. The van der Waals surface area contributed by atoms with Gasteiger partial charge in [-0.15, -0.1) is 25.3 Å². The van der Waals surface area contributed by atoms with Crippen LogP contribution in [0, 0.1) is 0 Å². The van der Waals surface area contributed by atoms with Crippen LogP contribution in [0.1, 0.15) is 33.6 Å². The van der Waals surface area contributed by atoms with Gasteiger partial charge in [0.2, 0.25) is 0 Å². The normalized spacial score (nSPS) is 7.83. The van der Waals surface area contributed by atoms with E-state index in [0.717, 1.165) is 19.6 Å². The van der Waals surface area contributed by atoms with Gasteiger partial charge in [-0.1, -0.05) is 37.8 Å². The Kier molecular flexibility index (Phi) is 33.6. The number of thiocarbonyl (C=S) groups is 2. The summed E-state index contributed by atoms with van der Waals surface area (Å²) >= 11 is 17.4. The molecule has 0 aliphatic rings. The number of hydrogen-bond acceptors (Lipinski definition) is 2. The fourth-order valence-corrected chi connectivity index (χ4v) is 1.62. The molecule has 2 nitrogen and oxygen atoms in total. The van der Waals surface area contributed by atoms with Crippen molar-refractivity contribution in [3.8, 4) is 0 Å². The molecule has 0 rings (SSSR count). The van der Waals surface area contributed by atoms with Crippen LogP contribution >= 0.6 is 49.7 Å². The van der Waals surface area contributed by atoms with E-state index < -0.39 is 0 Å². The van der Waals surface area contributed by atoms with E-state index in [0.29, 0.717) is 8.64 Å². The van der Waals surface area contributed by atoms with Gasteiger partial charge in [0, 0.05) is 39.1 Å². The van der Waals surface area contributed by atoms with Crippen LogP contribution in [-0.2, 0) is 19.5 Å². The molecule has 0 saturated heterocycles. The molecule has 0 aliphatic carbocycles. The summed E-state index contributed by atoms with van der Waals surface area (Å²) in [6.45, 7) is 9.14. The Morgan fingerprint density at radius 3 is 1.72 bits per heavy atom. The van der Waals surface area contributed by atoms with Crippen molar-refractivity contribution < 1.29 is 19.5 Å². The van der Waals surface area contributed by atoms with E-state index in [1.54, 1.807) is 0 Å². The average molecular weight is 388 g/mol. The average Bonchev–Trinajstić information content (AvgIpc) is 2.20. The minimum absolute atomic E-state index is 0. The first-order chi connectivity index (χ1) is 7.49. The van der Waals surface area contributed by atoms with E-state index in [4.69, 9.17) is 12.2 Å². The maximum absolute atomic E-state index is 4.81. The Hall–Kier alpha value is 2.10. The van der Waals surface area contributed by atoms with Crippen LogP contribution in [0.3, 0.4) is 0 Å². The molecular weight excluding hydrogens is 365 g/mol. The van der Waals surface area contributed by atoms with Gasteiger partial charge in [0.1, 0.15) is 8.64 Å². The second kappa shape index (κ2) is 21.4. The van der Waals surface area contributed by atoms with E-state index in [1.807, 2.05) is 4.90 Å². The molecule has 0 aromatic rings. The maximum Gasteiger partial charge on any atom is 0 e. The van der Waals surface area contributed by atoms with Crippen LogP contribution < -0.4 is 5.32 Å². The predicted octanol–water partition coefficient (Wildman–Crippen LogP) is 2.48. The van der Waals surface area contributed by atoms with E-state index in [2.05, 4.69) is 63.6 Å². The number of thiol groups is 2. The summed E-state index contributed by atoms with van der Waals surface area (Å²) in [6, 6.07) is 0. The monoisotopic (exact) mass is 386 g/mol. The Labute approximate surface area is 169 Å². The molecule has 0 fully saturated rings. The SMILES string of the molecule is CCCCNC(=S)S.CCN(CC)C(=S)S.[NaH].[Zn]. The van der Waals surface area contributed by atoms with Crippen molar-refractivity contribution in [3.63, 3.8) is 0 Å². The Morgan fingerprint density at radius 1 is 1.11 bits per heavy atom. The molecule has 0 radical (unpaired) electrons. The van der Waals surface area contributed by atoms with Crippen LogP contribution in [0.5, 0.6) is 0 Å². The van der Waals surface area contributed by atoms with Gasteiger partial charge in [-0.2, -0.15) is 0 Å². The van der Waals surface area contributed by atoms with Crippen molar-refractivity contribution in [3.05, 3.63) is 0 Å². The zero-order valence-corrected chi connectivity index (χ0v) is 17.3. The minimum Gasteiger partial charge on any atom is 0 e. The number of unbranched alkanes of at least 4 members (excludes halogenated alkanes) is 1. The molecule has 0 heterocycles. The van der Waals surface area contributed by atoms with Gasteiger partial charge in [0.25, 0.3) is 0 Å². The first-order valence-electron chi connectivity index (χ1n) is 5.44. The largest absolute Gasteiger partial charge is 0 e. The molecule has 0 unspecified atom stereocenters. The number of nitrogens with zero attached hydrogens (tertiary/aromatic N) is 1. The van der Waals surface area contributed by atoms with E-state index in [1.165, 1.54) is 12.8 Å². The summed E-state index contributed by atoms with van der Waals surface area (Å²) in [6.07, 6.45) is 2.37. The van der Waals surface area contributed by atoms with Crippen LogP contribution in [0.15, 0.2) is 0 Å². The molecule has 0 amide bonds. The van der Waals surface area contributed by atoms with Crippen LogP contribution in [-0.4, -0.2) is 62.7 Å². The summed E-state index contributed by atoms with van der Waals surface area (Å²) < 4.78 is 1.29. The smallest absolute Gasteiger partial charge is 0 e. The molecule has 8 heteroatoms. The predicted molar refractivity (Wildman–Crippen MR) is 96.1 cm³/mol. The summed E-state index contributed by atoms with van der Waals surface area (Å²) in [5, 5.41) is 2.94. The van der Waals surface area contributed by atoms with Crippen LogP contribution in [0.25, 0.3) is 0 Å². The van der Waals surface area contributed by atoms with Crippen molar-refractivity contribution in [1.82, 2.24) is 10.2 Å². The topological polar surface area (TPSA) is 15.3 Å². The van der Waals surface area contributed by atoms with Gasteiger partial charge >= 0.3 is 29.6 Å². The van der Waals surface area contributed by atoms with Gasteiger partial charge in [0.05, 0.1) is 0 Å². The molecule has 100 valence electrons. The second-order valence-electron chi connectivity index (χ2n) is 3.04. The van der Waals surface area contributed by atoms with E-state index >= 15 is 0 Å².